The summed E-state index contributed by atoms with van der Waals surface area (Å²) < 4.78 is 27.5. The zero-order valence-corrected chi connectivity index (χ0v) is 15.9. The van der Waals surface area contributed by atoms with Gasteiger partial charge in [-0.2, -0.15) is 5.10 Å². The van der Waals surface area contributed by atoms with Crippen molar-refractivity contribution in [3.63, 3.8) is 0 Å². The van der Waals surface area contributed by atoms with Gasteiger partial charge in [0, 0.05) is 5.71 Å². The average molecular weight is 392 g/mol. The highest BCUT2D eigenvalue weighted by Crippen LogP contribution is 2.23. The number of hydrazone groups is 1. The molecule has 1 aromatic heterocycles. The lowest BCUT2D eigenvalue weighted by molar-refractivity contribution is 0.0955. The Morgan fingerprint density at radius 1 is 1.00 bits per heavy atom. The molecule has 1 amide bonds. The van der Waals surface area contributed by atoms with Crippen molar-refractivity contribution < 1.29 is 13.2 Å². The Bertz CT molecular complexity index is 880. The molecule has 2 aromatic rings. The number of hydrogen-bond acceptors (Lipinski definition) is 5. The lowest BCUT2D eigenvalue weighted by atomic mass is 10.2. The fourth-order valence-electron chi connectivity index (χ4n) is 2.82. The summed E-state index contributed by atoms with van der Waals surface area (Å²) >= 11 is 1.12. The summed E-state index contributed by atoms with van der Waals surface area (Å²) in [5.41, 5.74) is 4.04. The number of anilines is 1. The van der Waals surface area contributed by atoms with Gasteiger partial charge in [0.15, 0.2) is 0 Å². The van der Waals surface area contributed by atoms with Crippen LogP contribution in [0.5, 0.6) is 0 Å². The van der Waals surface area contributed by atoms with Crippen molar-refractivity contribution in [2.45, 2.75) is 42.7 Å². The van der Waals surface area contributed by atoms with Crippen LogP contribution < -0.4 is 10.1 Å². The minimum absolute atomic E-state index is 0.200. The van der Waals surface area contributed by atoms with Crippen molar-refractivity contribution in [2.75, 3.05) is 4.72 Å². The highest BCUT2D eigenvalue weighted by atomic mass is 32.2. The first kappa shape index (κ1) is 18.6. The quantitative estimate of drug-likeness (QED) is 0.597. The van der Waals surface area contributed by atoms with Crippen LogP contribution in [0.25, 0.3) is 0 Å². The number of rotatable bonds is 5. The van der Waals surface area contributed by atoms with Crippen LogP contribution in [-0.4, -0.2) is 20.0 Å². The molecule has 1 saturated carbocycles. The van der Waals surface area contributed by atoms with E-state index in [1.807, 2.05) is 0 Å². The molecule has 0 atom stereocenters. The van der Waals surface area contributed by atoms with E-state index in [-0.39, 0.29) is 15.5 Å². The summed E-state index contributed by atoms with van der Waals surface area (Å²) in [5, 5.41) is 5.94. The van der Waals surface area contributed by atoms with Gasteiger partial charge in [0.1, 0.15) is 4.21 Å². The van der Waals surface area contributed by atoms with Crippen LogP contribution in [0, 0.1) is 0 Å². The van der Waals surface area contributed by atoms with Gasteiger partial charge in [0.2, 0.25) is 0 Å². The number of thiophene rings is 1. The number of benzene rings is 1. The number of amides is 1. The van der Waals surface area contributed by atoms with Crippen LogP contribution in [-0.2, 0) is 10.0 Å². The van der Waals surface area contributed by atoms with E-state index in [0.717, 1.165) is 42.7 Å². The zero-order chi connectivity index (χ0) is 18.4. The number of carbonyl (C=O) groups excluding carboxylic acids is 1. The number of nitrogens with zero attached hydrogens (tertiary/aromatic N) is 1. The minimum Gasteiger partial charge on any atom is -0.278 e. The van der Waals surface area contributed by atoms with Crippen LogP contribution in [0.2, 0.25) is 0 Å². The van der Waals surface area contributed by atoms with Crippen molar-refractivity contribution in [3.8, 4) is 0 Å². The van der Waals surface area contributed by atoms with Crippen molar-refractivity contribution in [3.05, 3.63) is 47.3 Å². The summed E-state index contributed by atoms with van der Waals surface area (Å²) in [4.78, 5) is 12.5. The molecule has 0 radical (unpaired) electrons. The summed E-state index contributed by atoms with van der Waals surface area (Å²) in [7, 11) is -3.71. The fraction of sp³-hybridized carbons (Fsp3) is 0.333. The van der Waals surface area contributed by atoms with Crippen LogP contribution in [0.3, 0.4) is 0 Å². The SMILES string of the molecule is O=C(NN=C1CCCCCC1)c1ccccc1NS(=O)(=O)c1cccs1. The van der Waals surface area contributed by atoms with Gasteiger partial charge >= 0.3 is 0 Å². The molecule has 1 fully saturated rings. The van der Waals surface area contributed by atoms with E-state index in [4.69, 9.17) is 0 Å². The monoisotopic (exact) mass is 391 g/mol. The van der Waals surface area contributed by atoms with Crippen molar-refractivity contribution in [1.82, 2.24) is 5.43 Å². The zero-order valence-electron chi connectivity index (χ0n) is 14.3. The maximum absolute atomic E-state index is 12.5. The van der Waals surface area contributed by atoms with Gasteiger partial charge in [-0.25, -0.2) is 13.8 Å². The molecule has 2 N–H and O–H groups in total. The predicted molar refractivity (Wildman–Crippen MR) is 104 cm³/mol. The van der Waals surface area contributed by atoms with Crippen LogP contribution in [0.1, 0.15) is 48.9 Å². The number of para-hydroxylation sites is 1. The van der Waals surface area contributed by atoms with Gasteiger partial charge < -0.3 is 0 Å². The second kappa shape index (κ2) is 8.46. The Labute approximate surface area is 157 Å². The lowest BCUT2D eigenvalue weighted by Crippen LogP contribution is -2.22. The highest BCUT2D eigenvalue weighted by Gasteiger charge is 2.19. The molecule has 0 aliphatic heterocycles. The third-order valence-corrected chi connectivity index (χ3v) is 6.94. The van der Waals surface area contributed by atoms with Crippen molar-refractivity contribution in [1.29, 1.82) is 0 Å². The van der Waals surface area contributed by atoms with Crippen LogP contribution in [0.4, 0.5) is 5.69 Å². The molecule has 0 bridgehead atoms. The first-order valence-corrected chi connectivity index (χ1v) is 10.9. The van der Waals surface area contributed by atoms with E-state index in [9.17, 15) is 13.2 Å². The molecule has 0 unspecified atom stereocenters. The largest absolute Gasteiger partial charge is 0.278 e. The lowest BCUT2D eigenvalue weighted by Gasteiger charge is -2.11. The fourth-order valence-corrected chi connectivity index (χ4v) is 4.89. The Morgan fingerprint density at radius 3 is 2.42 bits per heavy atom. The minimum atomic E-state index is -3.71. The van der Waals surface area contributed by atoms with Crippen LogP contribution >= 0.6 is 11.3 Å². The molecule has 1 aliphatic carbocycles. The van der Waals surface area contributed by atoms with Gasteiger partial charge in [0.25, 0.3) is 15.9 Å². The van der Waals surface area contributed by atoms with E-state index < -0.39 is 15.9 Å². The van der Waals surface area contributed by atoms with Crippen LogP contribution in [0.15, 0.2) is 51.1 Å². The van der Waals surface area contributed by atoms with Gasteiger partial charge in [-0.05, 0) is 49.3 Å². The summed E-state index contributed by atoms with van der Waals surface area (Å²) in [6.07, 6.45) is 6.36. The van der Waals surface area contributed by atoms with Gasteiger partial charge in [-0.3, -0.25) is 9.52 Å². The summed E-state index contributed by atoms with van der Waals surface area (Å²) in [6, 6.07) is 9.71. The number of sulfonamides is 1. The van der Waals surface area contributed by atoms with E-state index in [0.29, 0.717) is 0 Å². The summed E-state index contributed by atoms with van der Waals surface area (Å²) in [5.74, 6) is -0.425. The van der Waals surface area contributed by atoms with E-state index in [1.54, 1.807) is 35.7 Å². The molecule has 1 aromatic carbocycles. The molecule has 26 heavy (non-hydrogen) atoms. The number of carbonyl (C=O) groups is 1. The van der Waals surface area contributed by atoms with Gasteiger partial charge in [-0.15, -0.1) is 11.3 Å². The standard InChI is InChI=1S/C18H21N3O3S2/c22-18(20-19-14-8-3-1-2-4-9-14)15-10-5-6-11-16(15)21-26(23,24)17-12-7-13-25-17/h5-7,10-13,21H,1-4,8-9H2,(H,20,22). The number of hydrogen-bond donors (Lipinski definition) is 2. The summed E-state index contributed by atoms with van der Waals surface area (Å²) in [6.45, 7) is 0. The second-order valence-electron chi connectivity index (χ2n) is 6.12. The molecular weight excluding hydrogens is 370 g/mol. The third-order valence-electron chi connectivity index (χ3n) is 4.17. The maximum atomic E-state index is 12.5. The Hall–Kier alpha value is -2.19. The normalized spacial score (nSPS) is 15.2. The molecule has 8 heteroatoms. The Balaban J connectivity index is 1.76. The first-order chi connectivity index (χ1) is 12.6. The molecular formula is C18H21N3O3S2. The molecule has 6 nitrogen and oxygen atoms in total. The highest BCUT2D eigenvalue weighted by molar-refractivity contribution is 7.94. The number of nitrogens with one attached hydrogen (secondary N) is 2. The molecule has 3 rings (SSSR count). The third kappa shape index (κ3) is 4.70. The van der Waals surface area contributed by atoms with Crippen molar-refractivity contribution in [2.24, 2.45) is 5.10 Å². The predicted octanol–water partition coefficient (Wildman–Crippen LogP) is 3.99. The van der Waals surface area contributed by atoms with Crippen molar-refractivity contribution >= 4 is 38.7 Å². The molecule has 138 valence electrons. The van der Waals surface area contributed by atoms with E-state index in [1.165, 1.54) is 18.9 Å². The van der Waals surface area contributed by atoms with E-state index >= 15 is 0 Å². The first-order valence-electron chi connectivity index (χ1n) is 8.57. The van der Waals surface area contributed by atoms with Gasteiger partial charge in [0.05, 0.1) is 11.3 Å². The second-order valence-corrected chi connectivity index (χ2v) is 8.97. The molecule has 0 spiro atoms. The van der Waals surface area contributed by atoms with Gasteiger partial charge in [-0.1, -0.05) is 31.0 Å². The molecule has 0 saturated heterocycles. The molecule has 1 heterocycles. The Kier molecular flexibility index (Phi) is 6.05. The topological polar surface area (TPSA) is 87.6 Å². The smallest absolute Gasteiger partial charge is 0.273 e. The average Bonchev–Trinajstić information content (AvgIpc) is 3.06. The molecule has 1 aliphatic rings. The Morgan fingerprint density at radius 2 is 1.73 bits per heavy atom. The maximum Gasteiger partial charge on any atom is 0.273 e. The van der Waals surface area contributed by atoms with E-state index in [2.05, 4.69) is 15.2 Å².